The van der Waals surface area contributed by atoms with Crippen LogP contribution in [0.25, 0.3) is 10.9 Å². The maximum Gasteiger partial charge on any atom is 0.323 e. The van der Waals surface area contributed by atoms with Gasteiger partial charge in [0.25, 0.3) is 0 Å². The van der Waals surface area contributed by atoms with Gasteiger partial charge in [0.05, 0.1) is 20.3 Å². The molecule has 5 heteroatoms. The highest BCUT2D eigenvalue weighted by molar-refractivity contribution is 5.90. The van der Waals surface area contributed by atoms with Crippen molar-refractivity contribution in [2.45, 2.75) is 30.3 Å². The Hall–Kier alpha value is -2.79. The molecule has 1 saturated carbocycles. The molecule has 3 aromatic rings. The quantitative estimate of drug-likeness (QED) is 0.701. The molecule has 0 bridgehead atoms. The Kier molecular flexibility index (Phi) is 3.56. The highest BCUT2D eigenvalue weighted by Crippen LogP contribution is 2.58. The summed E-state index contributed by atoms with van der Waals surface area (Å²) in [4.78, 5) is 16.3. The SMILES string of the molecule is COC(=O)C1NC(c2ccc(OC)cc2)c2[nH]c3ccccc3c2C12CC2. The molecule has 1 aromatic heterocycles. The van der Waals surface area contributed by atoms with Gasteiger partial charge < -0.3 is 14.5 Å². The van der Waals surface area contributed by atoms with Crippen LogP contribution in [-0.4, -0.2) is 31.2 Å². The number of esters is 1. The number of fused-ring (bicyclic) bond motifs is 4. The zero-order chi connectivity index (χ0) is 18.6. The highest BCUT2D eigenvalue weighted by atomic mass is 16.5. The first-order valence-corrected chi connectivity index (χ1v) is 9.27. The van der Waals surface area contributed by atoms with Crippen molar-refractivity contribution < 1.29 is 14.3 Å². The fourth-order valence-electron chi connectivity index (χ4n) is 4.61. The van der Waals surface area contributed by atoms with Crippen molar-refractivity contribution in [3.8, 4) is 5.75 Å². The Labute approximate surface area is 157 Å². The van der Waals surface area contributed by atoms with Gasteiger partial charge in [-0.25, -0.2) is 0 Å². The molecular formula is C22H22N2O3. The smallest absolute Gasteiger partial charge is 0.323 e. The maximum absolute atomic E-state index is 12.7. The first-order chi connectivity index (χ1) is 13.2. The Morgan fingerprint density at radius 3 is 2.48 bits per heavy atom. The Bertz CT molecular complexity index is 1020. The van der Waals surface area contributed by atoms with E-state index < -0.39 is 0 Å². The Morgan fingerprint density at radius 2 is 1.81 bits per heavy atom. The number of nitrogens with one attached hydrogen (secondary N) is 2. The zero-order valence-corrected chi connectivity index (χ0v) is 15.4. The van der Waals surface area contributed by atoms with Gasteiger partial charge >= 0.3 is 5.97 Å². The molecule has 2 N–H and O–H groups in total. The molecule has 2 aromatic carbocycles. The van der Waals surface area contributed by atoms with Crippen LogP contribution in [0.5, 0.6) is 5.75 Å². The predicted molar refractivity (Wildman–Crippen MR) is 103 cm³/mol. The average molecular weight is 362 g/mol. The maximum atomic E-state index is 12.7. The lowest BCUT2D eigenvalue weighted by Crippen LogP contribution is -2.52. The van der Waals surface area contributed by atoms with Crippen molar-refractivity contribution in [2.75, 3.05) is 14.2 Å². The van der Waals surface area contributed by atoms with Crippen LogP contribution in [0.2, 0.25) is 0 Å². The number of carbonyl (C=O) groups is 1. The van der Waals surface area contributed by atoms with E-state index in [9.17, 15) is 4.79 Å². The Balaban J connectivity index is 1.71. The molecule has 5 nitrogen and oxygen atoms in total. The van der Waals surface area contributed by atoms with Crippen LogP contribution >= 0.6 is 0 Å². The molecule has 5 rings (SSSR count). The number of rotatable bonds is 3. The molecule has 1 fully saturated rings. The summed E-state index contributed by atoms with van der Waals surface area (Å²) in [5.41, 5.74) is 4.45. The molecule has 0 radical (unpaired) electrons. The minimum atomic E-state index is -0.346. The molecule has 1 aliphatic carbocycles. The van der Waals surface area contributed by atoms with Crippen LogP contribution in [0.15, 0.2) is 48.5 Å². The molecule has 2 atom stereocenters. The van der Waals surface area contributed by atoms with Gasteiger partial charge in [0.2, 0.25) is 0 Å². The summed E-state index contributed by atoms with van der Waals surface area (Å²) in [6, 6.07) is 15.9. The highest BCUT2D eigenvalue weighted by Gasteiger charge is 2.59. The minimum Gasteiger partial charge on any atom is -0.497 e. The van der Waals surface area contributed by atoms with Crippen molar-refractivity contribution in [3.63, 3.8) is 0 Å². The van der Waals surface area contributed by atoms with Crippen LogP contribution in [0, 0.1) is 0 Å². The molecule has 1 spiro atoms. The number of benzene rings is 2. The zero-order valence-electron chi connectivity index (χ0n) is 15.4. The first-order valence-electron chi connectivity index (χ1n) is 9.27. The molecule has 0 amide bonds. The van der Waals surface area contributed by atoms with Gasteiger partial charge in [0, 0.05) is 22.0 Å². The summed E-state index contributed by atoms with van der Waals surface area (Å²) in [7, 11) is 3.13. The van der Waals surface area contributed by atoms with E-state index in [4.69, 9.17) is 9.47 Å². The topological polar surface area (TPSA) is 63.4 Å². The number of H-pyrrole nitrogens is 1. The summed E-state index contributed by atoms with van der Waals surface area (Å²) in [5.74, 6) is 0.622. The second-order valence-electron chi connectivity index (χ2n) is 7.44. The van der Waals surface area contributed by atoms with Crippen molar-refractivity contribution >= 4 is 16.9 Å². The lowest BCUT2D eigenvalue weighted by molar-refractivity contribution is -0.144. The van der Waals surface area contributed by atoms with Crippen molar-refractivity contribution in [1.29, 1.82) is 0 Å². The van der Waals surface area contributed by atoms with E-state index in [0.29, 0.717) is 0 Å². The van der Waals surface area contributed by atoms with E-state index in [0.717, 1.165) is 35.4 Å². The van der Waals surface area contributed by atoms with Crippen LogP contribution < -0.4 is 10.1 Å². The van der Waals surface area contributed by atoms with Gasteiger partial charge in [0.15, 0.2) is 0 Å². The molecule has 2 aliphatic rings. The molecular weight excluding hydrogens is 340 g/mol. The second-order valence-corrected chi connectivity index (χ2v) is 7.44. The van der Waals surface area contributed by atoms with Gasteiger partial charge in [-0.05, 0) is 42.2 Å². The van der Waals surface area contributed by atoms with E-state index in [1.165, 1.54) is 18.1 Å². The van der Waals surface area contributed by atoms with Crippen LogP contribution in [0.3, 0.4) is 0 Å². The number of ether oxygens (including phenoxy) is 2. The summed E-state index contributed by atoms with van der Waals surface area (Å²) in [5, 5.41) is 4.79. The second kappa shape index (κ2) is 5.86. The summed E-state index contributed by atoms with van der Waals surface area (Å²) in [6.45, 7) is 0. The van der Waals surface area contributed by atoms with Gasteiger partial charge in [-0.15, -0.1) is 0 Å². The largest absolute Gasteiger partial charge is 0.497 e. The Morgan fingerprint density at radius 1 is 1.07 bits per heavy atom. The number of aromatic amines is 1. The fraction of sp³-hybridized carbons (Fsp3) is 0.318. The predicted octanol–water partition coefficient (Wildman–Crippen LogP) is 3.44. The molecule has 0 saturated heterocycles. The normalized spacial score (nSPS) is 22.4. The number of hydrogen-bond donors (Lipinski definition) is 2. The van der Waals surface area contributed by atoms with E-state index >= 15 is 0 Å². The molecule has 2 heterocycles. The molecule has 1 aliphatic heterocycles. The number of hydrogen-bond acceptors (Lipinski definition) is 4. The first kappa shape index (κ1) is 16.4. The molecule has 138 valence electrons. The van der Waals surface area contributed by atoms with Crippen LogP contribution in [-0.2, 0) is 14.9 Å². The van der Waals surface area contributed by atoms with Gasteiger partial charge in [-0.3, -0.25) is 10.1 Å². The van der Waals surface area contributed by atoms with Crippen molar-refractivity contribution in [3.05, 3.63) is 65.4 Å². The van der Waals surface area contributed by atoms with Gasteiger partial charge in [-0.2, -0.15) is 0 Å². The lowest BCUT2D eigenvalue weighted by Gasteiger charge is -2.37. The van der Waals surface area contributed by atoms with E-state index in [1.807, 2.05) is 30.3 Å². The minimum absolute atomic E-state index is 0.103. The number of aromatic nitrogens is 1. The van der Waals surface area contributed by atoms with Gasteiger partial charge in [-0.1, -0.05) is 30.3 Å². The molecule has 2 unspecified atom stereocenters. The summed E-state index contributed by atoms with van der Waals surface area (Å²) >= 11 is 0. The van der Waals surface area contributed by atoms with Crippen molar-refractivity contribution in [1.82, 2.24) is 10.3 Å². The van der Waals surface area contributed by atoms with Crippen molar-refractivity contribution in [2.24, 2.45) is 0 Å². The van der Waals surface area contributed by atoms with Crippen LogP contribution in [0.1, 0.15) is 35.7 Å². The third-order valence-corrected chi connectivity index (χ3v) is 6.08. The third-order valence-electron chi connectivity index (χ3n) is 6.08. The average Bonchev–Trinajstić information content (AvgIpc) is 3.39. The van der Waals surface area contributed by atoms with Gasteiger partial charge in [0.1, 0.15) is 11.8 Å². The standard InChI is InChI=1S/C22H22N2O3/c1-26-14-9-7-13(8-10-14)18-19-17(15-5-3-4-6-16(15)23-19)22(11-12-22)20(24-18)21(25)27-2/h3-10,18,20,23-24H,11-12H2,1-2H3. The van der Waals surface area contributed by atoms with E-state index in [1.54, 1.807) is 7.11 Å². The van der Waals surface area contributed by atoms with E-state index in [-0.39, 0.29) is 23.5 Å². The number of para-hydroxylation sites is 1. The summed E-state index contributed by atoms with van der Waals surface area (Å²) < 4.78 is 10.4. The monoisotopic (exact) mass is 362 g/mol. The van der Waals surface area contributed by atoms with E-state index in [2.05, 4.69) is 28.5 Å². The number of methoxy groups -OCH3 is 2. The fourth-order valence-corrected chi connectivity index (χ4v) is 4.61. The lowest BCUT2D eigenvalue weighted by atomic mass is 9.79. The third kappa shape index (κ3) is 2.31. The summed E-state index contributed by atoms with van der Waals surface area (Å²) in [6.07, 6.45) is 1.98. The number of carbonyl (C=O) groups excluding carboxylic acids is 1. The molecule has 27 heavy (non-hydrogen) atoms. The van der Waals surface area contributed by atoms with Crippen LogP contribution in [0.4, 0.5) is 0 Å².